The molecule has 1 amide bonds. The van der Waals surface area contributed by atoms with Gasteiger partial charge in [0.15, 0.2) is 5.82 Å². The topological polar surface area (TPSA) is 46.4 Å². The quantitative estimate of drug-likeness (QED) is 0.750. The summed E-state index contributed by atoms with van der Waals surface area (Å²) in [6.45, 7) is 1.69. The third kappa shape index (κ3) is 2.36. The molecule has 0 aliphatic rings. The Morgan fingerprint density at radius 2 is 2.10 bits per heavy atom. The maximum absolute atomic E-state index is 13.9. The summed E-state index contributed by atoms with van der Waals surface area (Å²) in [6, 6.07) is 6.97. The van der Waals surface area contributed by atoms with Crippen LogP contribution in [0, 0.1) is 12.7 Å². The van der Waals surface area contributed by atoms with Crippen LogP contribution in [-0.2, 0) is 4.79 Å². The first-order valence-corrected chi connectivity index (χ1v) is 6.62. The maximum Gasteiger partial charge on any atom is 0.212 e. The van der Waals surface area contributed by atoms with E-state index in [9.17, 15) is 9.18 Å². The molecule has 3 aromatic rings. The van der Waals surface area contributed by atoms with Gasteiger partial charge < -0.3 is 9.72 Å². The van der Waals surface area contributed by atoms with E-state index in [-0.39, 0.29) is 5.02 Å². The summed E-state index contributed by atoms with van der Waals surface area (Å²) in [6.07, 6.45) is 4.09. The van der Waals surface area contributed by atoms with Crippen LogP contribution in [0.1, 0.15) is 5.56 Å². The molecule has 0 bridgehead atoms. The van der Waals surface area contributed by atoms with E-state index in [0.717, 1.165) is 11.1 Å². The Kier molecular flexibility index (Phi) is 3.35. The Morgan fingerprint density at radius 3 is 2.86 bits per heavy atom. The summed E-state index contributed by atoms with van der Waals surface area (Å²) < 4.78 is 15.7. The molecular weight excluding hydrogens is 293 g/mol. The van der Waals surface area contributed by atoms with E-state index in [1.165, 1.54) is 6.07 Å². The van der Waals surface area contributed by atoms with Gasteiger partial charge in [-0.05, 0) is 41.8 Å². The number of nitrogens with one attached hydrogen (secondary N) is 1. The molecule has 0 atom stereocenters. The van der Waals surface area contributed by atoms with Crippen molar-refractivity contribution in [2.24, 2.45) is 0 Å². The number of pyridine rings is 1. The van der Waals surface area contributed by atoms with Crippen molar-refractivity contribution in [2.45, 2.75) is 6.92 Å². The zero-order chi connectivity index (χ0) is 15.0. The molecule has 21 heavy (non-hydrogen) atoms. The number of anilines is 1. The predicted molar refractivity (Wildman–Crippen MR) is 80.0 cm³/mol. The van der Waals surface area contributed by atoms with Gasteiger partial charge in [-0.15, -0.1) is 0 Å². The van der Waals surface area contributed by atoms with Crippen LogP contribution in [0.3, 0.4) is 0 Å². The summed E-state index contributed by atoms with van der Waals surface area (Å²) in [4.78, 5) is 14.7. The van der Waals surface area contributed by atoms with Gasteiger partial charge >= 0.3 is 0 Å². The molecule has 0 saturated heterocycles. The zero-order valence-electron chi connectivity index (χ0n) is 11.1. The minimum absolute atomic E-state index is 0.109. The van der Waals surface area contributed by atoms with Crippen molar-refractivity contribution in [3.8, 4) is 11.1 Å². The van der Waals surface area contributed by atoms with E-state index >= 15 is 0 Å². The zero-order valence-corrected chi connectivity index (χ0v) is 11.9. The van der Waals surface area contributed by atoms with Crippen molar-refractivity contribution in [3.05, 3.63) is 53.1 Å². The highest BCUT2D eigenvalue weighted by atomic mass is 35.5. The number of fused-ring (bicyclic) bond motifs is 1. The van der Waals surface area contributed by atoms with Gasteiger partial charge in [0.1, 0.15) is 11.5 Å². The highest BCUT2D eigenvalue weighted by Gasteiger charge is 2.11. The van der Waals surface area contributed by atoms with Gasteiger partial charge in [-0.25, -0.2) is 9.37 Å². The fourth-order valence-electron chi connectivity index (χ4n) is 2.25. The Balaban J connectivity index is 2.12. The molecule has 0 fully saturated rings. The molecular formula is C15H11ClFN3O. The standard InChI is InChI=1S/C15H11ClFN3O/c1-9-11(3-4-12(16)15(9)17)10-2-5-14-19-13(18-8-21)7-20(14)6-10/h2-8H,1H3,(H,18,21). The minimum atomic E-state index is -0.414. The summed E-state index contributed by atoms with van der Waals surface area (Å²) in [5.41, 5.74) is 2.78. The van der Waals surface area contributed by atoms with E-state index in [1.54, 1.807) is 29.7 Å². The molecule has 2 heterocycles. The molecule has 0 aliphatic carbocycles. The number of hydrogen-bond acceptors (Lipinski definition) is 2. The van der Waals surface area contributed by atoms with Crippen LogP contribution in [0.25, 0.3) is 16.8 Å². The molecule has 4 nitrogen and oxygen atoms in total. The van der Waals surface area contributed by atoms with E-state index in [1.807, 2.05) is 12.3 Å². The number of carbonyl (C=O) groups is 1. The fourth-order valence-corrected chi connectivity index (χ4v) is 2.45. The number of benzene rings is 1. The van der Waals surface area contributed by atoms with Crippen molar-refractivity contribution in [3.63, 3.8) is 0 Å². The third-order valence-electron chi connectivity index (χ3n) is 3.31. The molecule has 3 rings (SSSR count). The van der Waals surface area contributed by atoms with Gasteiger partial charge in [0.05, 0.1) is 11.2 Å². The molecule has 1 N–H and O–H groups in total. The maximum atomic E-state index is 13.9. The first-order valence-electron chi connectivity index (χ1n) is 6.24. The lowest BCUT2D eigenvalue weighted by atomic mass is 10.0. The molecule has 0 saturated carbocycles. The monoisotopic (exact) mass is 303 g/mol. The lowest BCUT2D eigenvalue weighted by Gasteiger charge is -2.08. The first kappa shape index (κ1) is 13.6. The summed E-state index contributed by atoms with van der Waals surface area (Å²) in [5, 5.41) is 2.60. The predicted octanol–water partition coefficient (Wildman–Crippen LogP) is 3.67. The van der Waals surface area contributed by atoms with Crippen molar-refractivity contribution in [1.29, 1.82) is 0 Å². The summed E-state index contributed by atoms with van der Waals surface area (Å²) >= 11 is 5.78. The Bertz CT molecular complexity index is 844. The largest absolute Gasteiger partial charge is 0.312 e. The average Bonchev–Trinajstić information content (AvgIpc) is 2.87. The van der Waals surface area contributed by atoms with E-state index in [0.29, 0.717) is 23.4 Å². The second-order valence-electron chi connectivity index (χ2n) is 4.61. The highest BCUT2D eigenvalue weighted by Crippen LogP contribution is 2.29. The summed E-state index contributed by atoms with van der Waals surface area (Å²) in [7, 11) is 0. The van der Waals surface area contributed by atoms with Gasteiger partial charge in [0.2, 0.25) is 6.41 Å². The van der Waals surface area contributed by atoms with E-state index in [4.69, 9.17) is 11.6 Å². The van der Waals surface area contributed by atoms with Gasteiger partial charge in [-0.1, -0.05) is 17.7 Å². The Labute approximate surface area is 125 Å². The van der Waals surface area contributed by atoms with Crippen molar-refractivity contribution in [2.75, 3.05) is 5.32 Å². The van der Waals surface area contributed by atoms with Crippen molar-refractivity contribution >= 4 is 29.5 Å². The minimum Gasteiger partial charge on any atom is -0.312 e. The van der Waals surface area contributed by atoms with Crippen LogP contribution in [0.4, 0.5) is 10.2 Å². The first-order chi connectivity index (χ1) is 10.1. The number of carbonyl (C=O) groups excluding carboxylic acids is 1. The SMILES string of the molecule is Cc1c(-c2ccc3nc(NC=O)cn3c2)ccc(Cl)c1F. The third-order valence-corrected chi connectivity index (χ3v) is 3.60. The second-order valence-corrected chi connectivity index (χ2v) is 5.01. The number of rotatable bonds is 3. The molecule has 106 valence electrons. The Morgan fingerprint density at radius 1 is 1.29 bits per heavy atom. The van der Waals surface area contributed by atoms with Gasteiger partial charge in [0, 0.05) is 6.20 Å². The molecule has 0 radical (unpaired) electrons. The molecule has 0 aliphatic heterocycles. The van der Waals surface area contributed by atoms with Crippen molar-refractivity contribution < 1.29 is 9.18 Å². The number of nitrogens with zero attached hydrogens (tertiary/aromatic N) is 2. The van der Waals surface area contributed by atoms with Crippen LogP contribution >= 0.6 is 11.6 Å². The smallest absolute Gasteiger partial charge is 0.212 e. The van der Waals surface area contributed by atoms with Gasteiger partial charge in [0.25, 0.3) is 0 Å². The fraction of sp³-hybridized carbons (Fsp3) is 0.0667. The van der Waals surface area contributed by atoms with Crippen LogP contribution in [0.15, 0.2) is 36.7 Å². The summed E-state index contributed by atoms with van der Waals surface area (Å²) in [5.74, 6) is 0.0457. The molecule has 2 aromatic heterocycles. The number of amides is 1. The molecule has 0 unspecified atom stereocenters. The normalized spacial score (nSPS) is 10.8. The molecule has 1 aromatic carbocycles. The van der Waals surface area contributed by atoms with Crippen LogP contribution in [0.5, 0.6) is 0 Å². The number of halogens is 2. The lowest BCUT2D eigenvalue weighted by molar-refractivity contribution is -0.105. The lowest BCUT2D eigenvalue weighted by Crippen LogP contribution is -1.92. The highest BCUT2D eigenvalue weighted by molar-refractivity contribution is 6.30. The van der Waals surface area contributed by atoms with Crippen LogP contribution < -0.4 is 5.32 Å². The van der Waals surface area contributed by atoms with Crippen LogP contribution in [0.2, 0.25) is 5.02 Å². The van der Waals surface area contributed by atoms with Crippen LogP contribution in [-0.4, -0.2) is 15.8 Å². The van der Waals surface area contributed by atoms with Gasteiger partial charge in [-0.2, -0.15) is 0 Å². The van der Waals surface area contributed by atoms with Gasteiger partial charge in [-0.3, -0.25) is 4.79 Å². The molecule has 6 heteroatoms. The Hall–Kier alpha value is -2.40. The molecule has 0 spiro atoms. The average molecular weight is 304 g/mol. The second kappa shape index (κ2) is 5.18. The van der Waals surface area contributed by atoms with E-state index < -0.39 is 5.82 Å². The number of aromatic nitrogens is 2. The number of imidazole rings is 1. The van der Waals surface area contributed by atoms with E-state index in [2.05, 4.69) is 10.3 Å². The number of hydrogen-bond donors (Lipinski definition) is 1. The van der Waals surface area contributed by atoms with Crippen molar-refractivity contribution in [1.82, 2.24) is 9.38 Å².